The summed E-state index contributed by atoms with van der Waals surface area (Å²) in [5, 5.41) is 17.7. The average Bonchev–Trinajstić information content (AvgIpc) is 2.38. The first-order valence-electron chi connectivity index (χ1n) is 5.51. The lowest BCUT2D eigenvalue weighted by Crippen LogP contribution is -2.35. The van der Waals surface area contributed by atoms with Crippen molar-refractivity contribution >= 4 is 11.8 Å². The van der Waals surface area contributed by atoms with Crippen molar-refractivity contribution in [1.82, 2.24) is 4.90 Å². The molecule has 0 fully saturated rings. The maximum Gasteiger partial charge on any atom is 0.254 e. The highest BCUT2D eigenvalue weighted by molar-refractivity contribution is 5.97. The van der Waals surface area contributed by atoms with Gasteiger partial charge in [-0.2, -0.15) is 0 Å². The van der Waals surface area contributed by atoms with E-state index in [1.165, 1.54) is 29.2 Å². The van der Waals surface area contributed by atoms with Gasteiger partial charge in [0.05, 0.1) is 13.2 Å². The summed E-state index contributed by atoms with van der Waals surface area (Å²) in [5.41, 5.74) is 5.79. The van der Waals surface area contributed by atoms with Gasteiger partial charge in [-0.15, -0.1) is 0 Å². The van der Waals surface area contributed by atoms with Crippen molar-refractivity contribution in [3.8, 4) is 0 Å². The zero-order chi connectivity index (χ0) is 13.5. The predicted octanol–water partition coefficient (Wildman–Crippen LogP) is -0.788. The van der Waals surface area contributed by atoms with Gasteiger partial charge in [0.15, 0.2) is 0 Å². The molecule has 6 nitrogen and oxygen atoms in total. The molecule has 1 aromatic rings. The molecule has 0 heterocycles. The summed E-state index contributed by atoms with van der Waals surface area (Å²) in [6, 6.07) is 5.91. The minimum atomic E-state index is -0.559. The van der Waals surface area contributed by atoms with Crippen LogP contribution in [0.4, 0.5) is 0 Å². The molecule has 4 N–H and O–H groups in total. The van der Waals surface area contributed by atoms with Crippen LogP contribution in [0, 0.1) is 0 Å². The SMILES string of the molecule is NC(=O)c1ccc(C(=O)N(CCO)CCO)cc1. The number of nitrogens with zero attached hydrogens (tertiary/aromatic N) is 1. The van der Waals surface area contributed by atoms with Crippen LogP contribution in [0.25, 0.3) is 0 Å². The second-order valence-electron chi connectivity index (χ2n) is 3.68. The summed E-state index contributed by atoms with van der Waals surface area (Å²) >= 11 is 0. The predicted molar refractivity (Wildman–Crippen MR) is 65.0 cm³/mol. The standard InChI is InChI=1S/C12H16N2O4/c13-11(17)9-1-3-10(4-2-9)12(18)14(5-7-15)6-8-16/h1-4,15-16H,5-8H2,(H2,13,17). The first-order valence-corrected chi connectivity index (χ1v) is 5.51. The minimum absolute atomic E-state index is 0.150. The van der Waals surface area contributed by atoms with Crippen LogP contribution >= 0.6 is 0 Å². The third-order valence-corrected chi connectivity index (χ3v) is 2.44. The van der Waals surface area contributed by atoms with Gasteiger partial charge in [-0.05, 0) is 24.3 Å². The third-order valence-electron chi connectivity index (χ3n) is 2.44. The van der Waals surface area contributed by atoms with Crippen LogP contribution in [-0.4, -0.2) is 53.2 Å². The van der Waals surface area contributed by atoms with Crippen LogP contribution < -0.4 is 5.73 Å². The number of benzene rings is 1. The molecule has 98 valence electrons. The normalized spacial score (nSPS) is 10.1. The van der Waals surface area contributed by atoms with E-state index >= 15 is 0 Å². The summed E-state index contributed by atoms with van der Waals surface area (Å²) in [5.74, 6) is -0.870. The molecule has 0 aliphatic rings. The summed E-state index contributed by atoms with van der Waals surface area (Å²) < 4.78 is 0. The number of hydrogen-bond donors (Lipinski definition) is 3. The smallest absolute Gasteiger partial charge is 0.254 e. The number of nitrogens with two attached hydrogens (primary N) is 1. The molecule has 18 heavy (non-hydrogen) atoms. The van der Waals surface area contributed by atoms with Crippen molar-refractivity contribution in [2.45, 2.75) is 0 Å². The summed E-state index contributed by atoms with van der Waals surface area (Å²) in [4.78, 5) is 24.2. The lowest BCUT2D eigenvalue weighted by Gasteiger charge is -2.20. The van der Waals surface area contributed by atoms with E-state index < -0.39 is 5.91 Å². The van der Waals surface area contributed by atoms with Crippen LogP contribution in [0.3, 0.4) is 0 Å². The van der Waals surface area contributed by atoms with Crippen LogP contribution in [0.1, 0.15) is 20.7 Å². The molecule has 0 aliphatic heterocycles. The molecule has 0 aromatic heterocycles. The Morgan fingerprint density at radius 1 is 1.00 bits per heavy atom. The van der Waals surface area contributed by atoms with Crippen molar-refractivity contribution in [2.24, 2.45) is 5.73 Å². The molecule has 6 heteroatoms. The second-order valence-corrected chi connectivity index (χ2v) is 3.68. The largest absolute Gasteiger partial charge is 0.395 e. The van der Waals surface area contributed by atoms with E-state index in [9.17, 15) is 9.59 Å². The molecule has 0 saturated heterocycles. The van der Waals surface area contributed by atoms with Crippen LogP contribution in [0.2, 0.25) is 0 Å². The van der Waals surface area contributed by atoms with E-state index in [4.69, 9.17) is 15.9 Å². The van der Waals surface area contributed by atoms with Crippen LogP contribution in [0.15, 0.2) is 24.3 Å². The topological polar surface area (TPSA) is 104 Å². The van der Waals surface area contributed by atoms with Gasteiger partial charge in [-0.25, -0.2) is 0 Å². The first-order chi connectivity index (χ1) is 8.60. The van der Waals surface area contributed by atoms with Gasteiger partial charge < -0.3 is 20.8 Å². The Morgan fingerprint density at radius 2 is 1.44 bits per heavy atom. The number of aliphatic hydroxyl groups is 2. The number of rotatable bonds is 6. The lowest BCUT2D eigenvalue weighted by atomic mass is 10.1. The van der Waals surface area contributed by atoms with Gasteiger partial charge in [0.25, 0.3) is 5.91 Å². The number of primary amides is 1. The Labute approximate surface area is 105 Å². The van der Waals surface area contributed by atoms with E-state index in [1.54, 1.807) is 0 Å². The maximum atomic E-state index is 12.0. The number of carbonyl (C=O) groups excluding carboxylic acids is 2. The maximum absolute atomic E-state index is 12.0. The fourth-order valence-corrected chi connectivity index (χ4v) is 1.52. The Hall–Kier alpha value is -1.92. The minimum Gasteiger partial charge on any atom is -0.395 e. The van der Waals surface area contributed by atoms with Crippen molar-refractivity contribution in [1.29, 1.82) is 0 Å². The monoisotopic (exact) mass is 252 g/mol. The zero-order valence-electron chi connectivity index (χ0n) is 9.87. The molecule has 1 aromatic carbocycles. The van der Waals surface area contributed by atoms with E-state index in [0.29, 0.717) is 11.1 Å². The molecule has 0 radical (unpaired) electrons. The lowest BCUT2D eigenvalue weighted by molar-refractivity contribution is 0.0684. The van der Waals surface area contributed by atoms with Gasteiger partial charge in [0.1, 0.15) is 0 Å². The van der Waals surface area contributed by atoms with Crippen molar-refractivity contribution in [3.63, 3.8) is 0 Å². The molecule has 0 unspecified atom stereocenters. The van der Waals surface area contributed by atoms with Gasteiger partial charge in [-0.3, -0.25) is 9.59 Å². The molecular weight excluding hydrogens is 236 g/mol. The van der Waals surface area contributed by atoms with E-state index in [2.05, 4.69) is 0 Å². The van der Waals surface area contributed by atoms with Gasteiger partial charge >= 0.3 is 0 Å². The van der Waals surface area contributed by atoms with Gasteiger partial charge in [0.2, 0.25) is 5.91 Å². The molecular formula is C12H16N2O4. The highest BCUT2D eigenvalue weighted by Gasteiger charge is 2.14. The Bertz CT molecular complexity index is 411. The van der Waals surface area contributed by atoms with E-state index in [1.807, 2.05) is 0 Å². The average molecular weight is 252 g/mol. The van der Waals surface area contributed by atoms with Crippen molar-refractivity contribution < 1.29 is 19.8 Å². The fraction of sp³-hybridized carbons (Fsp3) is 0.333. The van der Waals surface area contributed by atoms with Crippen molar-refractivity contribution in [2.75, 3.05) is 26.3 Å². The second kappa shape index (κ2) is 6.73. The number of amides is 2. The highest BCUT2D eigenvalue weighted by atomic mass is 16.3. The number of aliphatic hydroxyl groups excluding tert-OH is 2. The summed E-state index contributed by atoms with van der Waals surface area (Å²) in [6.07, 6.45) is 0. The third kappa shape index (κ3) is 3.54. The molecule has 0 atom stereocenters. The first kappa shape index (κ1) is 14.1. The van der Waals surface area contributed by atoms with E-state index in [-0.39, 0.29) is 32.2 Å². The molecule has 0 aliphatic carbocycles. The molecule has 0 spiro atoms. The number of hydrogen-bond acceptors (Lipinski definition) is 4. The molecule has 0 saturated carbocycles. The van der Waals surface area contributed by atoms with Gasteiger partial charge in [-0.1, -0.05) is 0 Å². The zero-order valence-corrected chi connectivity index (χ0v) is 9.87. The highest BCUT2D eigenvalue weighted by Crippen LogP contribution is 2.07. The van der Waals surface area contributed by atoms with Crippen molar-refractivity contribution in [3.05, 3.63) is 35.4 Å². The summed E-state index contributed by atoms with van der Waals surface area (Å²) in [6.45, 7) is -0.0514. The number of carbonyl (C=O) groups is 2. The molecule has 2 amide bonds. The Morgan fingerprint density at radius 3 is 1.83 bits per heavy atom. The van der Waals surface area contributed by atoms with Crippen LogP contribution in [-0.2, 0) is 0 Å². The van der Waals surface area contributed by atoms with Gasteiger partial charge in [0, 0.05) is 24.2 Å². The molecule has 1 rings (SSSR count). The Balaban J connectivity index is 2.84. The quantitative estimate of drug-likeness (QED) is 0.617. The molecule has 0 bridgehead atoms. The fourth-order valence-electron chi connectivity index (χ4n) is 1.52. The van der Waals surface area contributed by atoms with Crippen LogP contribution in [0.5, 0.6) is 0 Å². The Kier molecular flexibility index (Phi) is 5.29. The van der Waals surface area contributed by atoms with E-state index in [0.717, 1.165) is 0 Å². The summed E-state index contributed by atoms with van der Waals surface area (Å²) in [7, 11) is 0.